The van der Waals surface area contributed by atoms with Gasteiger partial charge in [-0.05, 0) is 36.0 Å². The number of aliphatic hydroxyl groups is 1. The van der Waals surface area contributed by atoms with Gasteiger partial charge in [-0.1, -0.05) is 18.2 Å². The Bertz CT molecular complexity index is 309. The van der Waals surface area contributed by atoms with Crippen molar-refractivity contribution in [2.45, 2.75) is 25.8 Å². The fourth-order valence-electron chi connectivity index (χ4n) is 2.05. The van der Waals surface area contributed by atoms with E-state index < -0.39 is 0 Å². The van der Waals surface area contributed by atoms with E-state index in [-0.39, 0.29) is 6.61 Å². The molecule has 0 atom stereocenters. The summed E-state index contributed by atoms with van der Waals surface area (Å²) in [7, 11) is 0. The van der Waals surface area contributed by atoms with Gasteiger partial charge < -0.3 is 10.4 Å². The van der Waals surface area contributed by atoms with Gasteiger partial charge in [0.15, 0.2) is 0 Å². The van der Waals surface area contributed by atoms with Crippen molar-refractivity contribution < 1.29 is 5.11 Å². The maximum absolute atomic E-state index is 8.64. The molecule has 1 aromatic carbocycles. The first-order valence-corrected chi connectivity index (χ1v) is 5.32. The van der Waals surface area contributed by atoms with E-state index in [0.29, 0.717) is 6.54 Å². The Hall–Kier alpha value is -0.860. The van der Waals surface area contributed by atoms with Gasteiger partial charge >= 0.3 is 0 Å². The lowest BCUT2D eigenvalue weighted by molar-refractivity contribution is 0.292. The molecule has 0 spiro atoms. The topological polar surface area (TPSA) is 32.3 Å². The second-order valence-electron chi connectivity index (χ2n) is 3.86. The summed E-state index contributed by atoms with van der Waals surface area (Å²) in [5.74, 6) is 0. The van der Waals surface area contributed by atoms with Gasteiger partial charge in [-0.25, -0.2) is 0 Å². The van der Waals surface area contributed by atoms with E-state index >= 15 is 0 Å². The summed E-state index contributed by atoms with van der Waals surface area (Å²) in [5.41, 5.74) is 4.38. The summed E-state index contributed by atoms with van der Waals surface area (Å²) in [4.78, 5) is 0. The highest BCUT2D eigenvalue weighted by atomic mass is 16.3. The molecule has 0 saturated carbocycles. The standard InChI is InChI=1S/C12H17NO/c14-7-6-13-9-10-4-5-11-2-1-3-12(11)8-10/h4-5,8,13-14H,1-3,6-7,9H2. The predicted octanol–water partition coefficient (Wildman–Crippen LogP) is 1.26. The highest BCUT2D eigenvalue weighted by Gasteiger charge is 2.10. The molecule has 0 saturated heterocycles. The minimum absolute atomic E-state index is 0.213. The van der Waals surface area contributed by atoms with Crippen LogP contribution in [0.5, 0.6) is 0 Å². The third-order valence-electron chi connectivity index (χ3n) is 2.78. The average molecular weight is 191 g/mol. The maximum atomic E-state index is 8.64. The summed E-state index contributed by atoms with van der Waals surface area (Å²) in [6.07, 6.45) is 3.80. The normalized spacial score (nSPS) is 14.4. The second-order valence-corrected chi connectivity index (χ2v) is 3.86. The van der Waals surface area contributed by atoms with E-state index in [4.69, 9.17) is 5.11 Å². The molecule has 2 heteroatoms. The van der Waals surface area contributed by atoms with Gasteiger partial charge in [-0.2, -0.15) is 0 Å². The van der Waals surface area contributed by atoms with E-state index in [9.17, 15) is 0 Å². The minimum Gasteiger partial charge on any atom is -0.395 e. The fraction of sp³-hybridized carbons (Fsp3) is 0.500. The second kappa shape index (κ2) is 4.58. The number of hydrogen-bond acceptors (Lipinski definition) is 2. The Morgan fingerprint density at radius 2 is 2.07 bits per heavy atom. The van der Waals surface area contributed by atoms with Crippen LogP contribution in [0.2, 0.25) is 0 Å². The number of aryl methyl sites for hydroxylation is 2. The van der Waals surface area contributed by atoms with Crippen molar-refractivity contribution in [2.75, 3.05) is 13.2 Å². The largest absolute Gasteiger partial charge is 0.395 e. The van der Waals surface area contributed by atoms with E-state index in [1.165, 1.54) is 36.0 Å². The molecule has 2 N–H and O–H groups in total. The Labute approximate surface area is 85.0 Å². The number of nitrogens with one attached hydrogen (secondary N) is 1. The van der Waals surface area contributed by atoms with Crippen molar-refractivity contribution in [1.82, 2.24) is 5.32 Å². The number of hydrogen-bond donors (Lipinski definition) is 2. The summed E-state index contributed by atoms with van der Waals surface area (Å²) in [6, 6.07) is 6.74. The highest BCUT2D eigenvalue weighted by molar-refractivity contribution is 5.35. The molecular formula is C12H17NO. The van der Waals surface area contributed by atoms with Crippen LogP contribution in [0, 0.1) is 0 Å². The molecule has 2 nitrogen and oxygen atoms in total. The van der Waals surface area contributed by atoms with Gasteiger partial charge in [0.25, 0.3) is 0 Å². The molecular weight excluding hydrogens is 174 g/mol. The fourth-order valence-corrected chi connectivity index (χ4v) is 2.05. The van der Waals surface area contributed by atoms with Crippen LogP contribution in [0.1, 0.15) is 23.1 Å². The lowest BCUT2D eigenvalue weighted by Crippen LogP contribution is -2.17. The Morgan fingerprint density at radius 1 is 1.21 bits per heavy atom. The van der Waals surface area contributed by atoms with E-state index in [0.717, 1.165) is 6.54 Å². The molecule has 0 fully saturated rings. The monoisotopic (exact) mass is 191 g/mol. The van der Waals surface area contributed by atoms with Crippen LogP contribution in [0.4, 0.5) is 0 Å². The lowest BCUT2D eigenvalue weighted by Gasteiger charge is -2.05. The van der Waals surface area contributed by atoms with Gasteiger partial charge in [0.2, 0.25) is 0 Å². The van der Waals surface area contributed by atoms with Crippen LogP contribution in [0.25, 0.3) is 0 Å². The van der Waals surface area contributed by atoms with Gasteiger partial charge in [-0.15, -0.1) is 0 Å². The summed E-state index contributed by atoms with van der Waals surface area (Å²) in [6.45, 7) is 1.76. The Balaban J connectivity index is 1.98. The molecule has 14 heavy (non-hydrogen) atoms. The first kappa shape index (κ1) is 9.69. The van der Waals surface area contributed by atoms with E-state index in [2.05, 4.69) is 23.5 Å². The SMILES string of the molecule is OCCNCc1ccc2c(c1)CCC2. The molecule has 0 heterocycles. The summed E-state index contributed by atoms with van der Waals surface area (Å²) < 4.78 is 0. The van der Waals surface area contributed by atoms with Crippen LogP contribution < -0.4 is 5.32 Å². The number of aliphatic hydroxyl groups excluding tert-OH is 1. The van der Waals surface area contributed by atoms with Crippen molar-refractivity contribution >= 4 is 0 Å². The molecule has 0 aliphatic heterocycles. The zero-order valence-electron chi connectivity index (χ0n) is 8.42. The quantitative estimate of drug-likeness (QED) is 0.702. The zero-order chi connectivity index (χ0) is 9.80. The highest BCUT2D eigenvalue weighted by Crippen LogP contribution is 2.22. The molecule has 0 unspecified atom stereocenters. The van der Waals surface area contributed by atoms with Crippen molar-refractivity contribution in [3.8, 4) is 0 Å². The molecule has 1 aromatic rings. The van der Waals surface area contributed by atoms with Crippen molar-refractivity contribution in [3.05, 3.63) is 34.9 Å². The predicted molar refractivity (Wildman–Crippen MR) is 57.3 cm³/mol. The van der Waals surface area contributed by atoms with Crippen molar-refractivity contribution in [1.29, 1.82) is 0 Å². The van der Waals surface area contributed by atoms with E-state index in [1.807, 2.05) is 0 Å². The molecule has 2 rings (SSSR count). The van der Waals surface area contributed by atoms with Crippen molar-refractivity contribution in [3.63, 3.8) is 0 Å². The van der Waals surface area contributed by atoms with Crippen LogP contribution in [-0.4, -0.2) is 18.3 Å². The minimum atomic E-state index is 0.213. The summed E-state index contributed by atoms with van der Waals surface area (Å²) in [5, 5.41) is 11.8. The van der Waals surface area contributed by atoms with Crippen molar-refractivity contribution in [2.24, 2.45) is 0 Å². The lowest BCUT2D eigenvalue weighted by atomic mass is 10.1. The Morgan fingerprint density at radius 3 is 2.93 bits per heavy atom. The number of rotatable bonds is 4. The van der Waals surface area contributed by atoms with Gasteiger partial charge in [0, 0.05) is 13.1 Å². The molecule has 1 aliphatic rings. The van der Waals surface area contributed by atoms with Crippen LogP contribution in [-0.2, 0) is 19.4 Å². The van der Waals surface area contributed by atoms with E-state index in [1.54, 1.807) is 0 Å². The van der Waals surface area contributed by atoms with Gasteiger partial charge in [-0.3, -0.25) is 0 Å². The smallest absolute Gasteiger partial charge is 0.0556 e. The molecule has 76 valence electrons. The third-order valence-corrected chi connectivity index (χ3v) is 2.78. The number of benzene rings is 1. The average Bonchev–Trinajstić information content (AvgIpc) is 2.65. The summed E-state index contributed by atoms with van der Waals surface area (Å²) >= 11 is 0. The first-order chi connectivity index (χ1) is 6.90. The molecule has 1 aliphatic carbocycles. The molecule has 0 aromatic heterocycles. The van der Waals surface area contributed by atoms with Gasteiger partial charge in [0.1, 0.15) is 0 Å². The maximum Gasteiger partial charge on any atom is 0.0556 e. The Kier molecular flexibility index (Phi) is 3.17. The molecule has 0 bridgehead atoms. The van der Waals surface area contributed by atoms with Crippen LogP contribution >= 0.6 is 0 Å². The number of fused-ring (bicyclic) bond motifs is 1. The molecule has 0 radical (unpaired) electrons. The first-order valence-electron chi connectivity index (χ1n) is 5.32. The van der Waals surface area contributed by atoms with Crippen LogP contribution in [0.15, 0.2) is 18.2 Å². The van der Waals surface area contributed by atoms with Gasteiger partial charge in [0.05, 0.1) is 6.61 Å². The van der Waals surface area contributed by atoms with Crippen LogP contribution in [0.3, 0.4) is 0 Å². The molecule has 0 amide bonds. The third kappa shape index (κ3) is 2.14. The zero-order valence-corrected chi connectivity index (χ0v) is 8.42.